The molecule has 0 aromatic carbocycles. The summed E-state index contributed by atoms with van der Waals surface area (Å²) in [6.07, 6.45) is 9.14. The Hall–Kier alpha value is -0.500. The van der Waals surface area contributed by atoms with E-state index >= 15 is 0 Å². The molecule has 92 valence electrons. The van der Waals surface area contributed by atoms with Crippen LogP contribution < -0.4 is 0 Å². The van der Waals surface area contributed by atoms with Crippen LogP contribution in [0.25, 0.3) is 0 Å². The molecular formula is C14H18ClNO. The minimum atomic E-state index is 0.396. The topological polar surface area (TPSA) is 26.0 Å². The van der Waals surface area contributed by atoms with E-state index in [0.717, 1.165) is 29.4 Å². The standard InChI is InChI=1S/C14H18ClNO/c15-6-13-16-7-12(17-13)14-10-2-8-1-9(4-10)5-11(14)3-8/h7-11,14H,1-6H2. The van der Waals surface area contributed by atoms with Crippen molar-refractivity contribution in [3.63, 3.8) is 0 Å². The van der Waals surface area contributed by atoms with Crippen molar-refractivity contribution in [1.82, 2.24) is 4.98 Å². The second-order valence-corrected chi connectivity index (χ2v) is 6.51. The maximum Gasteiger partial charge on any atom is 0.209 e. The van der Waals surface area contributed by atoms with Crippen LogP contribution >= 0.6 is 11.6 Å². The van der Waals surface area contributed by atoms with Gasteiger partial charge in [-0.15, -0.1) is 11.6 Å². The Morgan fingerprint density at radius 3 is 2.29 bits per heavy atom. The molecule has 4 bridgehead atoms. The van der Waals surface area contributed by atoms with E-state index in [9.17, 15) is 0 Å². The van der Waals surface area contributed by atoms with Gasteiger partial charge in [-0.2, -0.15) is 0 Å². The molecule has 0 aliphatic heterocycles. The van der Waals surface area contributed by atoms with Crippen LogP contribution in [0.2, 0.25) is 0 Å². The molecule has 0 amide bonds. The first-order chi connectivity index (χ1) is 8.33. The van der Waals surface area contributed by atoms with Crippen LogP contribution in [0.3, 0.4) is 0 Å². The quantitative estimate of drug-likeness (QED) is 0.744. The predicted molar refractivity (Wildman–Crippen MR) is 65.8 cm³/mol. The monoisotopic (exact) mass is 251 g/mol. The molecule has 3 heteroatoms. The highest BCUT2D eigenvalue weighted by molar-refractivity contribution is 6.16. The minimum Gasteiger partial charge on any atom is -0.444 e. The van der Waals surface area contributed by atoms with Gasteiger partial charge in [-0.1, -0.05) is 0 Å². The highest BCUT2D eigenvalue weighted by atomic mass is 35.5. The summed E-state index contributed by atoms with van der Waals surface area (Å²) < 4.78 is 5.82. The lowest BCUT2D eigenvalue weighted by atomic mass is 9.51. The molecule has 4 saturated carbocycles. The van der Waals surface area contributed by atoms with Crippen LogP contribution in [0.1, 0.15) is 49.7 Å². The molecule has 0 atom stereocenters. The van der Waals surface area contributed by atoms with Gasteiger partial charge in [0.1, 0.15) is 5.76 Å². The van der Waals surface area contributed by atoms with Crippen molar-refractivity contribution < 1.29 is 4.42 Å². The molecule has 0 saturated heterocycles. The SMILES string of the molecule is ClCc1ncc(C2C3CC4CC(C3)CC2C4)o1. The number of nitrogens with zero attached hydrogens (tertiary/aromatic N) is 1. The lowest BCUT2D eigenvalue weighted by molar-refractivity contribution is -0.00985. The molecule has 1 aromatic heterocycles. The third kappa shape index (κ3) is 1.56. The van der Waals surface area contributed by atoms with Crippen LogP contribution in [0, 0.1) is 23.7 Å². The van der Waals surface area contributed by atoms with Gasteiger partial charge in [0.05, 0.1) is 12.1 Å². The normalized spacial score (nSPS) is 43.2. The van der Waals surface area contributed by atoms with Crippen molar-refractivity contribution in [3.8, 4) is 0 Å². The molecule has 5 rings (SSSR count). The fraction of sp³-hybridized carbons (Fsp3) is 0.786. The summed E-state index contributed by atoms with van der Waals surface area (Å²) in [7, 11) is 0. The summed E-state index contributed by atoms with van der Waals surface area (Å²) in [5.41, 5.74) is 0. The zero-order chi connectivity index (χ0) is 11.4. The highest BCUT2D eigenvalue weighted by Crippen LogP contribution is 2.59. The largest absolute Gasteiger partial charge is 0.444 e. The molecule has 1 heterocycles. The zero-order valence-electron chi connectivity index (χ0n) is 9.94. The molecule has 2 nitrogen and oxygen atoms in total. The smallest absolute Gasteiger partial charge is 0.209 e. The molecule has 0 unspecified atom stereocenters. The van der Waals surface area contributed by atoms with Crippen LogP contribution in [0.15, 0.2) is 10.6 Å². The van der Waals surface area contributed by atoms with Crippen molar-refractivity contribution in [3.05, 3.63) is 17.8 Å². The van der Waals surface area contributed by atoms with Crippen molar-refractivity contribution in [2.24, 2.45) is 23.7 Å². The molecule has 0 radical (unpaired) electrons. The minimum absolute atomic E-state index is 0.396. The zero-order valence-corrected chi connectivity index (χ0v) is 10.7. The van der Waals surface area contributed by atoms with E-state index < -0.39 is 0 Å². The van der Waals surface area contributed by atoms with Crippen LogP contribution in [0.5, 0.6) is 0 Å². The van der Waals surface area contributed by atoms with Gasteiger partial charge in [0, 0.05) is 5.92 Å². The Labute approximate surface area is 107 Å². The first-order valence-electron chi connectivity index (χ1n) is 6.84. The average Bonchev–Trinajstić information content (AvgIpc) is 2.76. The number of hydrogen-bond acceptors (Lipinski definition) is 2. The fourth-order valence-corrected chi connectivity index (χ4v) is 5.05. The van der Waals surface area contributed by atoms with Crippen molar-refractivity contribution in [2.75, 3.05) is 0 Å². The second kappa shape index (κ2) is 3.74. The third-order valence-corrected chi connectivity index (χ3v) is 5.47. The number of hydrogen-bond donors (Lipinski definition) is 0. The van der Waals surface area contributed by atoms with Gasteiger partial charge >= 0.3 is 0 Å². The summed E-state index contributed by atoms with van der Waals surface area (Å²) in [6, 6.07) is 0. The summed E-state index contributed by atoms with van der Waals surface area (Å²) in [6.45, 7) is 0. The number of rotatable bonds is 2. The molecule has 1 aromatic rings. The van der Waals surface area contributed by atoms with Gasteiger partial charge in [-0.25, -0.2) is 4.98 Å². The van der Waals surface area contributed by atoms with E-state index in [1.54, 1.807) is 0 Å². The number of alkyl halides is 1. The molecule has 4 aliphatic carbocycles. The summed E-state index contributed by atoms with van der Waals surface area (Å²) in [4.78, 5) is 4.27. The summed E-state index contributed by atoms with van der Waals surface area (Å²) in [5, 5.41) is 0. The first kappa shape index (κ1) is 10.4. The van der Waals surface area contributed by atoms with E-state index in [1.807, 2.05) is 6.20 Å². The Balaban J connectivity index is 1.65. The fourth-order valence-electron chi connectivity index (χ4n) is 4.93. The molecule has 0 spiro atoms. The molecule has 4 aliphatic rings. The van der Waals surface area contributed by atoms with Crippen molar-refractivity contribution >= 4 is 11.6 Å². The third-order valence-electron chi connectivity index (χ3n) is 5.24. The Bertz CT molecular complexity index is 400. The van der Waals surface area contributed by atoms with E-state index in [4.69, 9.17) is 16.0 Å². The van der Waals surface area contributed by atoms with Gasteiger partial charge in [-0.3, -0.25) is 0 Å². The van der Waals surface area contributed by atoms with Gasteiger partial charge in [0.25, 0.3) is 0 Å². The number of aromatic nitrogens is 1. The number of oxazole rings is 1. The van der Waals surface area contributed by atoms with Crippen LogP contribution in [-0.4, -0.2) is 4.98 Å². The van der Waals surface area contributed by atoms with Crippen molar-refractivity contribution in [1.29, 1.82) is 0 Å². The Morgan fingerprint density at radius 2 is 1.76 bits per heavy atom. The van der Waals surface area contributed by atoms with Crippen LogP contribution in [0.4, 0.5) is 0 Å². The Kier molecular flexibility index (Phi) is 2.30. The molecule has 0 N–H and O–H groups in total. The van der Waals surface area contributed by atoms with Gasteiger partial charge in [0.15, 0.2) is 0 Å². The molecule has 17 heavy (non-hydrogen) atoms. The van der Waals surface area contributed by atoms with Crippen molar-refractivity contribution in [2.45, 2.75) is 43.9 Å². The summed E-state index contributed by atoms with van der Waals surface area (Å²) >= 11 is 5.77. The predicted octanol–water partition coefficient (Wildman–Crippen LogP) is 3.95. The Morgan fingerprint density at radius 1 is 1.12 bits per heavy atom. The highest BCUT2D eigenvalue weighted by Gasteiger charge is 2.49. The van der Waals surface area contributed by atoms with E-state index in [2.05, 4.69) is 4.98 Å². The average molecular weight is 252 g/mol. The lowest BCUT2D eigenvalue weighted by Crippen LogP contribution is -2.43. The molecule has 4 fully saturated rings. The van der Waals surface area contributed by atoms with Gasteiger partial charge < -0.3 is 4.42 Å². The van der Waals surface area contributed by atoms with Gasteiger partial charge in [0.2, 0.25) is 5.89 Å². The first-order valence-corrected chi connectivity index (χ1v) is 7.37. The van der Waals surface area contributed by atoms with Gasteiger partial charge in [-0.05, 0) is 55.8 Å². The second-order valence-electron chi connectivity index (χ2n) is 6.25. The number of halogens is 1. The molecular weight excluding hydrogens is 234 g/mol. The summed E-state index contributed by atoms with van der Waals surface area (Å²) in [5.74, 6) is 6.61. The maximum atomic E-state index is 5.82. The van der Waals surface area contributed by atoms with E-state index in [1.165, 1.54) is 32.1 Å². The van der Waals surface area contributed by atoms with E-state index in [-0.39, 0.29) is 0 Å². The van der Waals surface area contributed by atoms with E-state index in [0.29, 0.717) is 17.7 Å². The lowest BCUT2D eigenvalue weighted by Gasteiger charge is -2.53. The maximum absolute atomic E-state index is 5.82. The van der Waals surface area contributed by atoms with Crippen LogP contribution in [-0.2, 0) is 5.88 Å².